The molecule has 0 saturated carbocycles. The highest BCUT2D eigenvalue weighted by molar-refractivity contribution is 7.99. The molecule has 29 heavy (non-hydrogen) atoms. The number of aromatic nitrogens is 2. The van der Waals surface area contributed by atoms with Crippen molar-refractivity contribution >= 4 is 17.7 Å². The Morgan fingerprint density at radius 2 is 1.93 bits per heavy atom. The van der Waals surface area contributed by atoms with Gasteiger partial charge < -0.3 is 19.4 Å². The summed E-state index contributed by atoms with van der Waals surface area (Å²) in [5, 5.41) is 3.77. The largest absolute Gasteiger partial charge is 0.486 e. The van der Waals surface area contributed by atoms with Gasteiger partial charge in [0, 0.05) is 6.54 Å². The molecular formula is C22H23N3O3S. The number of rotatable bonds is 7. The molecule has 1 N–H and O–H groups in total. The molecule has 150 valence electrons. The maximum atomic E-state index is 12.3. The number of fused-ring (bicyclic) bond motifs is 1. The second-order valence-electron chi connectivity index (χ2n) is 6.63. The number of thioether (sulfide) groups is 1. The van der Waals surface area contributed by atoms with E-state index in [0.717, 1.165) is 28.7 Å². The fraction of sp³-hybridized carbons (Fsp3) is 0.273. The Bertz CT molecular complexity index is 974. The summed E-state index contributed by atoms with van der Waals surface area (Å²) in [7, 11) is 0. The van der Waals surface area contributed by atoms with Gasteiger partial charge in [-0.25, -0.2) is 4.98 Å². The average molecular weight is 410 g/mol. The zero-order valence-electron chi connectivity index (χ0n) is 16.2. The van der Waals surface area contributed by atoms with Gasteiger partial charge in [0.15, 0.2) is 16.7 Å². The minimum Gasteiger partial charge on any atom is -0.486 e. The van der Waals surface area contributed by atoms with Crippen LogP contribution in [0.1, 0.15) is 6.92 Å². The van der Waals surface area contributed by atoms with Crippen LogP contribution in [0.25, 0.3) is 11.3 Å². The van der Waals surface area contributed by atoms with Crippen molar-refractivity contribution in [3.8, 4) is 22.8 Å². The minimum atomic E-state index is -0.193. The summed E-state index contributed by atoms with van der Waals surface area (Å²) in [4.78, 5) is 16.8. The van der Waals surface area contributed by atoms with E-state index >= 15 is 0 Å². The Kier molecular flexibility index (Phi) is 6.05. The van der Waals surface area contributed by atoms with Crippen LogP contribution in [-0.4, -0.2) is 40.5 Å². The fourth-order valence-corrected chi connectivity index (χ4v) is 4.06. The van der Waals surface area contributed by atoms with Crippen molar-refractivity contribution in [2.24, 2.45) is 0 Å². The number of carbonyl (C=O) groups excluding carboxylic acids is 1. The molecule has 1 atom stereocenters. The molecule has 0 fully saturated rings. The summed E-state index contributed by atoms with van der Waals surface area (Å²) in [6.45, 7) is 3.70. The van der Waals surface area contributed by atoms with Crippen molar-refractivity contribution in [2.45, 2.75) is 24.7 Å². The van der Waals surface area contributed by atoms with Crippen LogP contribution in [-0.2, 0) is 11.3 Å². The number of nitrogens with one attached hydrogen (secondary N) is 1. The third-order valence-electron chi connectivity index (χ3n) is 4.63. The number of amides is 1. The number of hydrogen-bond acceptors (Lipinski definition) is 5. The lowest BCUT2D eigenvalue weighted by atomic mass is 10.2. The van der Waals surface area contributed by atoms with Gasteiger partial charge in [0.2, 0.25) is 5.91 Å². The van der Waals surface area contributed by atoms with Gasteiger partial charge in [-0.05, 0) is 24.6 Å². The lowest BCUT2D eigenvalue weighted by molar-refractivity contribution is -0.119. The number of nitrogens with zero attached hydrogens (tertiary/aromatic N) is 2. The zero-order valence-corrected chi connectivity index (χ0v) is 17.0. The maximum absolute atomic E-state index is 12.3. The van der Waals surface area contributed by atoms with E-state index in [9.17, 15) is 4.79 Å². The molecule has 1 aliphatic heterocycles. The second kappa shape index (κ2) is 9.05. The van der Waals surface area contributed by atoms with Crippen molar-refractivity contribution in [3.05, 3.63) is 60.8 Å². The van der Waals surface area contributed by atoms with Crippen molar-refractivity contribution < 1.29 is 14.3 Å². The highest BCUT2D eigenvalue weighted by Gasteiger charge is 2.21. The van der Waals surface area contributed by atoms with Crippen LogP contribution in [0.4, 0.5) is 0 Å². The molecule has 0 spiro atoms. The summed E-state index contributed by atoms with van der Waals surface area (Å²) in [6, 6.07) is 17.7. The minimum absolute atomic E-state index is 0.0515. The van der Waals surface area contributed by atoms with Crippen molar-refractivity contribution in [3.63, 3.8) is 0 Å². The molecule has 1 aliphatic rings. The van der Waals surface area contributed by atoms with Crippen molar-refractivity contribution in [1.29, 1.82) is 0 Å². The molecule has 2 aromatic carbocycles. The van der Waals surface area contributed by atoms with E-state index in [-0.39, 0.29) is 12.0 Å². The van der Waals surface area contributed by atoms with Gasteiger partial charge in [0.05, 0.1) is 24.2 Å². The van der Waals surface area contributed by atoms with Crippen LogP contribution in [0.3, 0.4) is 0 Å². The molecule has 0 radical (unpaired) electrons. The van der Waals surface area contributed by atoms with Gasteiger partial charge in [-0.15, -0.1) is 0 Å². The Balaban J connectivity index is 1.30. The molecule has 0 bridgehead atoms. The Hall–Kier alpha value is -2.93. The third kappa shape index (κ3) is 4.56. The quantitative estimate of drug-likeness (QED) is 0.604. The van der Waals surface area contributed by atoms with E-state index in [4.69, 9.17) is 9.47 Å². The van der Waals surface area contributed by atoms with Crippen LogP contribution in [0.5, 0.6) is 11.5 Å². The molecule has 4 rings (SSSR count). The number of carbonyl (C=O) groups is 1. The summed E-state index contributed by atoms with van der Waals surface area (Å²) in [6.07, 6.45) is 1.67. The summed E-state index contributed by atoms with van der Waals surface area (Å²) in [5.41, 5.74) is 2.18. The first kappa shape index (κ1) is 19.4. The summed E-state index contributed by atoms with van der Waals surface area (Å²) >= 11 is 1.44. The van der Waals surface area contributed by atoms with E-state index in [1.54, 1.807) is 0 Å². The molecule has 7 heteroatoms. The predicted molar refractivity (Wildman–Crippen MR) is 113 cm³/mol. The van der Waals surface area contributed by atoms with E-state index < -0.39 is 0 Å². The molecule has 1 aromatic heterocycles. The molecule has 1 unspecified atom stereocenters. The Morgan fingerprint density at radius 1 is 1.17 bits per heavy atom. The molecule has 0 aliphatic carbocycles. The number of hydrogen-bond donors (Lipinski definition) is 1. The monoisotopic (exact) mass is 409 g/mol. The summed E-state index contributed by atoms with van der Waals surface area (Å²) < 4.78 is 13.7. The van der Waals surface area contributed by atoms with E-state index in [1.165, 1.54) is 11.8 Å². The normalized spacial score (nSPS) is 15.1. The maximum Gasteiger partial charge on any atom is 0.230 e. The van der Waals surface area contributed by atoms with Gasteiger partial charge in [-0.2, -0.15) is 0 Å². The third-order valence-corrected chi connectivity index (χ3v) is 5.62. The first-order valence-electron chi connectivity index (χ1n) is 9.63. The van der Waals surface area contributed by atoms with E-state index in [2.05, 4.69) is 33.9 Å². The summed E-state index contributed by atoms with van der Waals surface area (Å²) in [5.74, 6) is 1.71. The molecule has 1 amide bonds. The van der Waals surface area contributed by atoms with Crippen LogP contribution < -0.4 is 14.8 Å². The lowest BCUT2D eigenvalue weighted by Crippen LogP contribution is -2.41. The van der Waals surface area contributed by atoms with Gasteiger partial charge in [0.25, 0.3) is 0 Å². The topological polar surface area (TPSA) is 65.4 Å². The van der Waals surface area contributed by atoms with E-state index in [1.807, 2.05) is 48.7 Å². The molecular weight excluding hydrogens is 386 g/mol. The smallest absolute Gasteiger partial charge is 0.230 e. The fourth-order valence-electron chi connectivity index (χ4n) is 3.19. The first-order valence-corrected chi connectivity index (χ1v) is 10.6. The van der Waals surface area contributed by atoms with E-state index in [0.29, 0.717) is 24.7 Å². The Morgan fingerprint density at radius 3 is 2.72 bits per heavy atom. The standard InChI is InChI=1S/C22H23N3O3S/c1-2-25-18(16-8-4-3-5-9-16)13-24-22(25)29-15-21(26)23-12-17-14-27-19-10-6-7-11-20(19)28-17/h3-11,13,17H,2,12,14-15H2,1H3,(H,23,26). The van der Waals surface area contributed by atoms with Crippen molar-refractivity contribution in [1.82, 2.24) is 14.9 Å². The first-order chi connectivity index (χ1) is 14.2. The molecule has 6 nitrogen and oxygen atoms in total. The van der Waals surface area contributed by atoms with Crippen LogP contribution in [0.2, 0.25) is 0 Å². The van der Waals surface area contributed by atoms with Gasteiger partial charge >= 0.3 is 0 Å². The second-order valence-corrected chi connectivity index (χ2v) is 7.57. The van der Waals surface area contributed by atoms with Crippen molar-refractivity contribution in [2.75, 3.05) is 18.9 Å². The average Bonchev–Trinajstić information content (AvgIpc) is 3.19. The number of benzene rings is 2. The predicted octanol–water partition coefficient (Wildman–Crippen LogP) is 3.62. The molecule has 3 aromatic rings. The number of imidazole rings is 1. The zero-order chi connectivity index (χ0) is 20.1. The number of para-hydroxylation sites is 2. The van der Waals surface area contributed by atoms with Crippen LogP contribution >= 0.6 is 11.8 Å². The Labute approximate surface area is 174 Å². The molecule has 0 saturated heterocycles. The van der Waals surface area contributed by atoms with Crippen LogP contribution in [0, 0.1) is 0 Å². The van der Waals surface area contributed by atoms with Crippen LogP contribution in [0.15, 0.2) is 66.0 Å². The van der Waals surface area contributed by atoms with Gasteiger partial charge in [0.1, 0.15) is 12.7 Å². The molecule has 2 heterocycles. The lowest BCUT2D eigenvalue weighted by Gasteiger charge is -2.26. The highest BCUT2D eigenvalue weighted by atomic mass is 32.2. The highest BCUT2D eigenvalue weighted by Crippen LogP contribution is 2.30. The SMILES string of the molecule is CCn1c(-c2ccccc2)cnc1SCC(=O)NCC1COc2ccccc2O1. The van der Waals surface area contributed by atoms with Gasteiger partial charge in [-0.1, -0.05) is 54.2 Å². The number of ether oxygens (including phenoxy) is 2. The van der Waals surface area contributed by atoms with Gasteiger partial charge in [-0.3, -0.25) is 4.79 Å².